The highest BCUT2D eigenvalue weighted by Crippen LogP contribution is 2.34. The topological polar surface area (TPSA) is 50.6 Å². The molecule has 0 saturated carbocycles. The molecule has 2 aliphatic rings. The van der Waals surface area contributed by atoms with Crippen molar-refractivity contribution in [2.75, 3.05) is 27.2 Å². The van der Waals surface area contributed by atoms with Gasteiger partial charge in [-0.25, -0.2) is 0 Å². The number of carbonyl (C=O) groups is 1. The Morgan fingerprint density at radius 3 is 2.46 bits per heavy atom. The molecule has 3 rings (SSSR count). The predicted molar refractivity (Wildman–Crippen MR) is 102 cm³/mol. The van der Waals surface area contributed by atoms with Crippen LogP contribution >= 0.6 is 0 Å². The summed E-state index contributed by atoms with van der Waals surface area (Å²) >= 11 is 0. The van der Waals surface area contributed by atoms with Crippen molar-refractivity contribution in [2.24, 2.45) is 0 Å². The van der Waals surface area contributed by atoms with Crippen LogP contribution in [0.4, 0.5) is 0 Å². The number of aromatic nitrogens is 2. The van der Waals surface area contributed by atoms with E-state index in [1.807, 2.05) is 16.5 Å². The van der Waals surface area contributed by atoms with Crippen LogP contribution in [0.3, 0.4) is 0 Å². The Balaban J connectivity index is 1.85. The molecule has 0 unspecified atom stereocenters. The lowest BCUT2D eigenvalue weighted by Crippen LogP contribution is -2.53. The SMILES string of the molecule is CCn1nc2c(c1C(=O)N1CCC(CC)(N(C)C)CC1)C[C@H](C)O[C@@H]2C. The van der Waals surface area contributed by atoms with Gasteiger partial charge < -0.3 is 14.5 Å². The molecule has 0 aliphatic carbocycles. The van der Waals surface area contributed by atoms with Crippen LogP contribution < -0.4 is 0 Å². The van der Waals surface area contributed by atoms with Crippen LogP contribution in [0.15, 0.2) is 0 Å². The van der Waals surface area contributed by atoms with Crippen molar-refractivity contribution in [1.82, 2.24) is 19.6 Å². The maximum absolute atomic E-state index is 13.4. The van der Waals surface area contributed by atoms with Crippen molar-refractivity contribution in [2.45, 2.75) is 77.7 Å². The quantitative estimate of drug-likeness (QED) is 0.826. The summed E-state index contributed by atoms with van der Waals surface area (Å²) in [4.78, 5) is 17.8. The molecular weight excluding hydrogens is 328 g/mol. The lowest BCUT2D eigenvalue weighted by atomic mass is 9.83. The molecule has 0 spiro atoms. The first-order chi connectivity index (χ1) is 12.3. The third-order valence-electron chi connectivity index (χ3n) is 6.48. The summed E-state index contributed by atoms with van der Waals surface area (Å²) < 4.78 is 7.80. The zero-order valence-electron chi connectivity index (χ0n) is 17.2. The van der Waals surface area contributed by atoms with E-state index in [0.717, 1.165) is 55.7 Å². The summed E-state index contributed by atoms with van der Waals surface area (Å²) in [6.07, 6.45) is 4.03. The first kappa shape index (κ1) is 19.4. The highest BCUT2D eigenvalue weighted by Gasteiger charge is 2.39. The number of nitrogens with zero attached hydrogens (tertiary/aromatic N) is 4. The maximum atomic E-state index is 13.4. The number of likely N-dealkylation sites (tertiary alicyclic amines) is 1. The zero-order chi connectivity index (χ0) is 19.1. The molecule has 1 saturated heterocycles. The maximum Gasteiger partial charge on any atom is 0.272 e. The Hall–Kier alpha value is -1.40. The van der Waals surface area contributed by atoms with Gasteiger partial charge >= 0.3 is 0 Å². The number of fused-ring (bicyclic) bond motifs is 1. The molecule has 1 aromatic heterocycles. The number of rotatable bonds is 4. The fourth-order valence-electron chi connectivity index (χ4n) is 4.65. The summed E-state index contributed by atoms with van der Waals surface area (Å²) in [7, 11) is 4.32. The van der Waals surface area contributed by atoms with Crippen LogP contribution in [-0.2, 0) is 17.7 Å². The van der Waals surface area contributed by atoms with Crippen molar-refractivity contribution < 1.29 is 9.53 Å². The molecule has 1 aromatic rings. The van der Waals surface area contributed by atoms with Crippen molar-refractivity contribution in [3.63, 3.8) is 0 Å². The van der Waals surface area contributed by atoms with Crippen LogP contribution in [-0.4, -0.2) is 64.3 Å². The highest BCUT2D eigenvalue weighted by atomic mass is 16.5. The van der Waals surface area contributed by atoms with E-state index in [4.69, 9.17) is 9.84 Å². The third-order valence-corrected chi connectivity index (χ3v) is 6.48. The smallest absolute Gasteiger partial charge is 0.272 e. The second-order valence-corrected chi connectivity index (χ2v) is 8.09. The third kappa shape index (κ3) is 3.18. The lowest BCUT2D eigenvalue weighted by Gasteiger charge is -2.46. The van der Waals surface area contributed by atoms with Crippen LogP contribution in [0, 0.1) is 0 Å². The molecular formula is C20H34N4O2. The van der Waals surface area contributed by atoms with Crippen molar-refractivity contribution in [3.8, 4) is 0 Å². The van der Waals surface area contributed by atoms with Gasteiger partial charge in [0.25, 0.3) is 5.91 Å². The normalized spacial score (nSPS) is 25.4. The molecule has 1 amide bonds. The minimum absolute atomic E-state index is 0.0454. The molecule has 26 heavy (non-hydrogen) atoms. The Bertz CT molecular complexity index is 659. The number of carbonyl (C=O) groups excluding carboxylic acids is 1. The van der Waals surface area contributed by atoms with Gasteiger partial charge in [-0.3, -0.25) is 9.48 Å². The van der Waals surface area contributed by atoms with E-state index in [1.165, 1.54) is 0 Å². The number of piperidine rings is 1. The second kappa shape index (κ2) is 7.31. The minimum atomic E-state index is -0.0454. The van der Waals surface area contributed by atoms with E-state index in [1.54, 1.807) is 0 Å². The van der Waals surface area contributed by atoms with Gasteiger partial charge in [0, 0.05) is 37.2 Å². The number of ether oxygens (including phenoxy) is 1. The molecule has 0 bridgehead atoms. The number of amides is 1. The Labute approximate surface area is 157 Å². The van der Waals surface area contributed by atoms with E-state index in [2.05, 4.69) is 39.8 Å². The fraction of sp³-hybridized carbons (Fsp3) is 0.800. The predicted octanol–water partition coefficient (Wildman–Crippen LogP) is 2.87. The van der Waals surface area contributed by atoms with Gasteiger partial charge in [-0.05, 0) is 54.1 Å². The van der Waals surface area contributed by atoms with E-state index in [0.29, 0.717) is 6.54 Å². The summed E-state index contributed by atoms with van der Waals surface area (Å²) in [5.41, 5.74) is 3.06. The van der Waals surface area contributed by atoms with Gasteiger partial charge in [0.15, 0.2) is 0 Å². The van der Waals surface area contributed by atoms with Crippen LogP contribution in [0.25, 0.3) is 0 Å². The molecule has 0 N–H and O–H groups in total. The van der Waals surface area contributed by atoms with Gasteiger partial charge in [-0.2, -0.15) is 5.10 Å². The fourth-order valence-corrected chi connectivity index (χ4v) is 4.65. The van der Waals surface area contributed by atoms with E-state index in [9.17, 15) is 4.79 Å². The van der Waals surface area contributed by atoms with Gasteiger partial charge in [0.05, 0.1) is 17.9 Å². The number of hydrogen-bond donors (Lipinski definition) is 0. The number of hydrogen-bond acceptors (Lipinski definition) is 4. The average Bonchev–Trinajstić information content (AvgIpc) is 2.99. The summed E-state index contributed by atoms with van der Waals surface area (Å²) in [5, 5.41) is 4.71. The van der Waals surface area contributed by atoms with Crippen molar-refractivity contribution >= 4 is 5.91 Å². The van der Waals surface area contributed by atoms with Gasteiger partial charge in [0.2, 0.25) is 0 Å². The molecule has 0 radical (unpaired) electrons. The highest BCUT2D eigenvalue weighted by molar-refractivity contribution is 5.94. The molecule has 1 fully saturated rings. The monoisotopic (exact) mass is 362 g/mol. The van der Waals surface area contributed by atoms with Crippen LogP contribution in [0.1, 0.15) is 74.8 Å². The molecule has 0 aromatic carbocycles. The van der Waals surface area contributed by atoms with Crippen LogP contribution in [0.2, 0.25) is 0 Å². The second-order valence-electron chi connectivity index (χ2n) is 8.09. The van der Waals surface area contributed by atoms with Crippen molar-refractivity contribution in [3.05, 3.63) is 17.0 Å². The molecule has 3 heterocycles. The molecule has 6 nitrogen and oxygen atoms in total. The minimum Gasteiger partial charge on any atom is -0.369 e. The zero-order valence-corrected chi connectivity index (χ0v) is 17.2. The number of aryl methyl sites for hydroxylation is 1. The average molecular weight is 363 g/mol. The van der Waals surface area contributed by atoms with Gasteiger partial charge in [0.1, 0.15) is 5.69 Å². The van der Waals surface area contributed by atoms with Gasteiger partial charge in [-0.1, -0.05) is 6.92 Å². The van der Waals surface area contributed by atoms with Gasteiger partial charge in [-0.15, -0.1) is 0 Å². The van der Waals surface area contributed by atoms with E-state index in [-0.39, 0.29) is 23.7 Å². The Morgan fingerprint density at radius 1 is 1.27 bits per heavy atom. The first-order valence-corrected chi connectivity index (χ1v) is 10.0. The molecule has 146 valence electrons. The Morgan fingerprint density at radius 2 is 1.92 bits per heavy atom. The first-order valence-electron chi connectivity index (χ1n) is 10.0. The Kier molecular flexibility index (Phi) is 5.45. The molecule has 2 atom stereocenters. The molecule has 2 aliphatic heterocycles. The summed E-state index contributed by atoms with van der Waals surface area (Å²) in [6.45, 7) is 10.7. The summed E-state index contributed by atoms with van der Waals surface area (Å²) in [6, 6.07) is 0. The van der Waals surface area contributed by atoms with Crippen molar-refractivity contribution in [1.29, 1.82) is 0 Å². The standard InChI is InChI=1S/C20H34N4O2/c1-7-20(22(5)6)9-11-23(12-10-20)19(25)18-16-13-14(3)26-15(4)17(16)21-24(18)8-2/h14-15H,7-13H2,1-6H3/t14-,15+/m0/s1. The lowest BCUT2D eigenvalue weighted by molar-refractivity contribution is -0.00720. The largest absolute Gasteiger partial charge is 0.369 e. The van der Waals surface area contributed by atoms with E-state index < -0.39 is 0 Å². The van der Waals surface area contributed by atoms with E-state index >= 15 is 0 Å². The summed E-state index contributed by atoms with van der Waals surface area (Å²) in [5.74, 6) is 0.144. The molecule has 6 heteroatoms. The van der Waals surface area contributed by atoms with Crippen LogP contribution in [0.5, 0.6) is 0 Å².